The van der Waals surface area contributed by atoms with Crippen LogP contribution in [0.25, 0.3) is 22.5 Å². The van der Waals surface area contributed by atoms with Gasteiger partial charge in [0, 0.05) is 36.2 Å². The standard InChI is InChI=1S/C28H24N6O/c1-2-3-13-26-25(18-20-9-5-4-6-10-20)29-28(35)34(26)19-21-14-16-22(17-15-21)23-11-7-8-12-24(23)27-30-32-33-31-27/h1,4-12,14-17H,3,13,18-19H2,(H,29,35)(H,30,31,32,33). The van der Waals surface area contributed by atoms with Gasteiger partial charge in [0.05, 0.1) is 6.54 Å². The predicted octanol–water partition coefficient (Wildman–Crippen LogP) is 4.23. The van der Waals surface area contributed by atoms with Crippen molar-refractivity contribution >= 4 is 0 Å². The number of hydrogen-bond acceptors (Lipinski definition) is 4. The van der Waals surface area contributed by atoms with Crippen molar-refractivity contribution < 1.29 is 0 Å². The van der Waals surface area contributed by atoms with E-state index in [0.29, 0.717) is 31.6 Å². The molecule has 0 amide bonds. The zero-order chi connectivity index (χ0) is 24.0. The van der Waals surface area contributed by atoms with Crippen molar-refractivity contribution in [1.29, 1.82) is 0 Å². The summed E-state index contributed by atoms with van der Waals surface area (Å²) in [6, 6.07) is 26.3. The van der Waals surface area contributed by atoms with Crippen LogP contribution < -0.4 is 5.69 Å². The van der Waals surface area contributed by atoms with Crippen LogP contribution in [-0.4, -0.2) is 30.2 Å². The minimum Gasteiger partial charge on any atom is -0.309 e. The molecule has 0 fully saturated rings. The molecule has 5 aromatic rings. The Kier molecular flexibility index (Phi) is 6.35. The Labute approximate surface area is 202 Å². The van der Waals surface area contributed by atoms with E-state index in [1.54, 1.807) is 4.57 Å². The number of imidazole rings is 1. The van der Waals surface area contributed by atoms with Gasteiger partial charge < -0.3 is 4.98 Å². The van der Waals surface area contributed by atoms with Gasteiger partial charge in [-0.1, -0.05) is 78.9 Å². The SMILES string of the molecule is C#CCCc1c(Cc2ccccc2)[nH]c(=O)n1Cc1ccc(-c2ccccc2-c2nnn[nH]2)cc1. The quantitative estimate of drug-likeness (QED) is 0.339. The monoisotopic (exact) mass is 460 g/mol. The number of aromatic amines is 2. The first kappa shape index (κ1) is 22.1. The van der Waals surface area contributed by atoms with Crippen LogP contribution in [-0.2, 0) is 19.4 Å². The third-order valence-electron chi connectivity index (χ3n) is 6.04. The smallest absolute Gasteiger partial charge is 0.309 e. The molecule has 0 aliphatic heterocycles. The molecule has 0 aliphatic carbocycles. The van der Waals surface area contributed by atoms with Crippen molar-refractivity contribution in [2.45, 2.75) is 25.8 Å². The third-order valence-corrected chi connectivity index (χ3v) is 6.04. The molecule has 0 bridgehead atoms. The van der Waals surface area contributed by atoms with Gasteiger partial charge in [0.15, 0.2) is 5.82 Å². The number of hydrogen-bond donors (Lipinski definition) is 2. The van der Waals surface area contributed by atoms with Crippen LogP contribution in [0, 0.1) is 12.3 Å². The molecule has 0 spiro atoms. The molecule has 3 aromatic carbocycles. The average molecular weight is 461 g/mol. The maximum Gasteiger partial charge on any atom is 0.326 e. The van der Waals surface area contributed by atoms with Crippen LogP contribution in [0.15, 0.2) is 83.7 Å². The van der Waals surface area contributed by atoms with E-state index >= 15 is 0 Å². The Morgan fingerprint density at radius 3 is 2.34 bits per heavy atom. The Morgan fingerprint density at radius 2 is 1.63 bits per heavy atom. The molecule has 2 N–H and O–H groups in total. The molecule has 0 saturated heterocycles. The number of aromatic nitrogens is 6. The summed E-state index contributed by atoms with van der Waals surface area (Å²) in [7, 11) is 0. The Balaban J connectivity index is 1.43. The van der Waals surface area contributed by atoms with Gasteiger partial charge in [0.1, 0.15) is 0 Å². The summed E-state index contributed by atoms with van der Waals surface area (Å²) in [5.74, 6) is 3.32. The fraction of sp³-hybridized carbons (Fsp3) is 0.143. The lowest BCUT2D eigenvalue weighted by molar-refractivity contribution is 0.707. The zero-order valence-corrected chi connectivity index (χ0v) is 19.1. The minimum absolute atomic E-state index is 0.116. The number of terminal acetylenes is 1. The zero-order valence-electron chi connectivity index (χ0n) is 19.1. The molecule has 0 atom stereocenters. The lowest BCUT2D eigenvalue weighted by Gasteiger charge is -2.11. The van der Waals surface area contributed by atoms with Crippen LogP contribution in [0.4, 0.5) is 0 Å². The maximum absolute atomic E-state index is 12.9. The number of rotatable bonds is 8. The van der Waals surface area contributed by atoms with Gasteiger partial charge in [-0.05, 0) is 32.7 Å². The summed E-state index contributed by atoms with van der Waals surface area (Å²) < 4.78 is 1.80. The second-order valence-corrected chi connectivity index (χ2v) is 8.30. The van der Waals surface area contributed by atoms with Gasteiger partial charge in [-0.3, -0.25) is 4.57 Å². The molecule has 2 heterocycles. The molecule has 172 valence electrons. The number of nitrogens with zero attached hydrogens (tertiary/aromatic N) is 4. The Bertz CT molecular complexity index is 1510. The van der Waals surface area contributed by atoms with Crippen molar-refractivity contribution in [3.63, 3.8) is 0 Å². The highest BCUT2D eigenvalue weighted by atomic mass is 16.1. The van der Waals surface area contributed by atoms with E-state index in [1.165, 1.54) is 0 Å². The normalized spacial score (nSPS) is 10.8. The van der Waals surface area contributed by atoms with Crippen LogP contribution in [0.5, 0.6) is 0 Å². The average Bonchev–Trinajstić information content (AvgIpc) is 3.53. The Morgan fingerprint density at radius 1 is 0.886 bits per heavy atom. The Hall–Kier alpha value is -4.70. The van der Waals surface area contributed by atoms with Crippen molar-refractivity contribution in [2.24, 2.45) is 0 Å². The predicted molar refractivity (Wildman–Crippen MR) is 136 cm³/mol. The van der Waals surface area contributed by atoms with E-state index < -0.39 is 0 Å². The lowest BCUT2D eigenvalue weighted by Crippen LogP contribution is -2.19. The summed E-state index contributed by atoms with van der Waals surface area (Å²) in [5.41, 5.74) is 6.93. The van der Waals surface area contributed by atoms with Crippen LogP contribution in [0.1, 0.15) is 28.9 Å². The molecule has 0 saturated carbocycles. The highest BCUT2D eigenvalue weighted by Crippen LogP contribution is 2.29. The first-order chi connectivity index (χ1) is 17.2. The molecule has 0 aliphatic rings. The minimum atomic E-state index is -0.116. The fourth-order valence-corrected chi connectivity index (χ4v) is 4.33. The molecule has 7 heteroatoms. The third kappa shape index (κ3) is 4.82. The van der Waals surface area contributed by atoms with Gasteiger partial charge >= 0.3 is 5.69 Å². The molecular weight excluding hydrogens is 436 g/mol. The van der Waals surface area contributed by atoms with E-state index in [1.807, 2.05) is 54.6 Å². The molecule has 2 aromatic heterocycles. The topological polar surface area (TPSA) is 92.2 Å². The summed E-state index contributed by atoms with van der Waals surface area (Å²) in [4.78, 5) is 16.0. The van der Waals surface area contributed by atoms with E-state index in [4.69, 9.17) is 6.42 Å². The second-order valence-electron chi connectivity index (χ2n) is 8.30. The maximum atomic E-state index is 12.9. The summed E-state index contributed by atoms with van der Waals surface area (Å²) in [6.45, 7) is 0.470. The van der Waals surface area contributed by atoms with Gasteiger partial charge in [-0.25, -0.2) is 9.89 Å². The van der Waals surface area contributed by atoms with Crippen LogP contribution in [0.2, 0.25) is 0 Å². The van der Waals surface area contributed by atoms with Gasteiger partial charge in [-0.2, -0.15) is 0 Å². The largest absolute Gasteiger partial charge is 0.326 e. The van der Waals surface area contributed by atoms with Crippen molar-refractivity contribution in [1.82, 2.24) is 30.2 Å². The first-order valence-corrected chi connectivity index (χ1v) is 11.4. The first-order valence-electron chi connectivity index (χ1n) is 11.4. The molecule has 35 heavy (non-hydrogen) atoms. The van der Waals surface area contributed by atoms with E-state index in [-0.39, 0.29) is 5.69 Å². The summed E-state index contributed by atoms with van der Waals surface area (Å²) in [5, 5.41) is 14.3. The number of benzene rings is 3. The molecule has 0 radical (unpaired) electrons. The summed E-state index contributed by atoms with van der Waals surface area (Å²) in [6.07, 6.45) is 7.43. The van der Waals surface area contributed by atoms with Crippen molar-refractivity contribution in [3.05, 3.63) is 112 Å². The van der Waals surface area contributed by atoms with E-state index in [0.717, 1.165) is 39.2 Å². The molecule has 7 nitrogen and oxygen atoms in total. The number of H-pyrrole nitrogens is 2. The highest BCUT2D eigenvalue weighted by molar-refractivity contribution is 5.80. The molecule has 5 rings (SSSR count). The second kappa shape index (κ2) is 10.1. The molecule has 0 unspecified atom stereocenters. The van der Waals surface area contributed by atoms with Gasteiger partial charge in [0.2, 0.25) is 0 Å². The van der Waals surface area contributed by atoms with Crippen molar-refractivity contribution in [2.75, 3.05) is 0 Å². The van der Waals surface area contributed by atoms with Crippen LogP contribution in [0.3, 0.4) is 0 Å². The number of nitrogens with one attached hydrogen (secondary N) is 2. The van der Waals surface area contributed by atoms with Crippen LogP contribution >= 0.6 is 0 Å². The fourth-order valence-electron chi connectivity index (χ4n) is 4.33. The van der Waals surface area contributed by atoms with E-state index in [9.17, 15) is 4.79 Å². The van der Waals surface area contributed by atoms with Gasteiger partial charge in [-0.15, -0.1) is 17.4 Å². The van der Waals surface area contributed by atoms with Crippen molar-refractivity contribution in [3.8, 4) is 34.9 Å². The number of tetrazole rings is 1. The van der Waals surface area contributed by atoms with E-state index in [2.05, 4.69) is 55.8 Å². The molecular formula is C28H24N6O. The summed E-state index contributed by atoms with van der Waals surface area (Å²) >= 11 is 0. The lowest BCUT2D eigenvalue weighted by atomic mass is 9.98. The van der Waals surface area contributed by atoms with Gasteiger partial charge in [0.25, 0.3) is 0 Å². The highest BCUT2D eigenvalue weighted by Gasteiger charge is 2.15.